The first kappa shape index (κ1) is 17.4. The number of benzene rings is 1. The summed E-state index contributed by atoms with van der Waals surface area (Å²) in [5, 5.41) is 10.4. The van der Waals surface area contributed by atoms with Crippen molar-refractivity contribution in [2.45, 2.75) is 13.8 Å². The molecule has 0 amide bonds. The molecule has 0 radical (unpaired) electrons. The molecule has 1 fully saturated rings. The zero-order valence-electron chi connectivity index (χ0n) is 15.3. The highest BCUT2D eigenvalue weighted by atomic mass is 32.1. The van der Waals surface area contributed by atoms with Crippen molar-refractivity contribution in [1.29, 1.82) is 0 Å². The number of hydrogen-bond donors (Lipinski definition) is 1. The van der Waals surface area contributed by atoms with E-state index in [1.807, 2.05) is 18.2 Å². The predicted octanol–water partition coefficient (Wildman–Crippen LogP) is 3.09. The average molecular weight is 369 g/mol. The van der Waals surface area contributed by atoms with Gasteiger partial charge < -0.3 is 10.0 Å². The first-order valence-corrected chi connectivity index (χ1v) is 9.90. The lowest BCUT2D eigenvalue weighted by atomic mass is 10.1. The molecule has 3 aromatic rings. The second-order valence-electron chi connectivity index (χ2n) is 6.75. The van der Waals surface area contributed by atoms with Crippen LogP contribution < -0.4 is 4.90 Å². The second kappa shape index (κ2) is 7.31. The Bertz CT molecular complexity index is 901. The standard InChI is InChI=1S/C20H24N4OS/c1-14-15(2)26-20-17(14)19(24-10-8-23(9-11-24)12-13-25)21-18(22-20)16-6-4-3-5-7-16/h3-7,25H,8-13H2,1-2H3. The molecule has 0 aliphatic carbocycles. The predicted molar refractivity (Wildman–Crippen MR) is 108 cm³/mol. The van der Waals surface area contributed by atoms with Crippen LogP contribution in [0.3, 0.4) is 0 Å². The van der Waals surface area contributed by atoms with Gasteiger partial charge in [-0.3, -0.25) is 4.90 Å². The van der Waals surface area contributed by atoms with Crippen LogP contribution in [-0.2, 0) is 0 Å². The molecule has 136 valence electrons. The van der Waals surface area contributed by atoms with Crippen molar-refractivity contribution in [2.75, 3.05) is 44.2 Å². The largest absolute Gasteiger partial charge is 0.395 e. The zero-order chi connectivity index (χ0) is 18.1. The number of fused-ring (bicyclic) bond motifs is 1. The number of anilines is 1. The first-order chi connectivity index (χ1) is 12.7. The molecule has 0 spiro atoms. The number of piperazine rings is 1. The fourth-order valence-corrected chi connectivity index (χ4v) is 4.52. The molecular formula is C20H24N4OS. The number of aliphatic hydroxyl groups excluding tert-OH is 1. The summed E-state index contributed by atoms with van der Waals surface area (Å²) in [6.45, 7) is 9.06. The van der Waals surface area contributed by atoms with Crippen LogP contribution in [0.15, 0.2) is 30.3 Å². The lowest BCUT2D eigenvalue weighted by molar-refractivity contribution is 0.188. The molecule has 1 saturated heterocycles. The minimum absolute atomic E-state index is 0.221. The topological polar surface area (TPSA) is 52.5 Å². The second-order valence-corrected chi connectivity index (χ2v) is 7.96. The van der Waals surface area contributed by atoms with Gasteiger partial charge in [-0.05, 0) is 19.4 Å². The van der Waals surface area contributed by atoms with Gasteiger partial charge in [-0.1, -0.05) is 30.3 Å². The molecular weight excluding hydrogens is 344 g/mol. The van der Waals surface area contributed by atoms with Crippen molar-refractivity contribution in [3.63, 3.8) is 0 Å². The molecule has 5 nitrogen and oxygen atoms in total. The maximum Gasteiger partial charge on any atom is 0.163 e. The smallest absolute Gasteiger partial charge is 0.163 e. The molecule has 1 aliphatic heterocycles. The van der Waals surface area contributed by atoms with E-state index in [-0.39, 0.29) is 6.61 Å². The van der Waals surface area contributed by atoms with Crippen LogP contribution in [0.25, 0.3) is 21.6 Å². The van der Waals surface area contributed by atoms with E-state index in [2.05, 4.69) is 35.8 Å². The number of rotatable bonds is 4. The number of aryl methyl sites for hydroxylation is 2. The number of aromatic nitrogens is 2. The minimum Gasteiger partial charge on any atom is -0.395 e. The van der Waals surface area contributed by atoms with Crippen molar-refractivity contribution in [2.24, 2.45) is 0 Å². The highest BCUT2D eigenvalue weighted by Crippen LogP contribution is 2.36. The molecule has 0 saturated carbocycles. The van der Waals surface area contributed by atoms with E-state index in [4.69, 9.17) is 15.1 Å². The van der Waals surface area contributed by atoms with E-state index in [9.17, 15) is 0 Å². The fraction of sp³-hybridized carbons (Fsp3) is 0.400. The third-order valence-electron chi connectivity index (χ3n) is 5.13. The molecule has 3 heterocycles. The van der Waals surface area contributed by atoms with Crippen LogP contribution in [-0.4, -0.2) is 59.3 Å². The Morgan fingerprint density at radius 3 is 2.46 bits per heavy atom. The number of hydrogen-bond acceptors (Lipinski definition) is 6. The van der Waals surface area contributed by atoms with Gasteiger partial charge in [-0.25, -0.2) is 9.97 Å². The third-order valence-corrected chi connectivity index (χ3v) is 6.23. The van der Waals surface area contributed by atoms with Crippen LogP contribution in [0, 0.1) is 13.8 Å². The van der Waals surface area contributed by atoms with Crippen molar-refractivity contribution in [3.05, 3.63) is 40.8 Å². The first-order valence-electron chi connectivity index (χ1n) is 9.08. The van der Waals surface area contributed by atoms with Crippen LogP contribution in [0.5, 0.6) is 0 Å². The summed E-state index contributed by atoms with van der Waals surface area (Å²) < 4.78 is 0. The summed E-state index contributed by atoms with van der Waals surface area (Å²) in [7, 11) is 0. The van der Waals surface area contributed by atoms with Gasteiger partial charge in [-0.15, -0.1) is 11.3 Å². The van der Waals surface area contributed by atoms with E-state index in [1.54, 1.807) is 11.3 Å². The molecule has 0 atom stereocenters. The number of nitrogens with zero attached hydrogens (tertiary/aromatic N) is 4. The Balaban J connectivity index is 1.77. The molecule has 26 heavy (non-hydrogen) atoms. The highest BCUT2D eigenvalue weighted by Gasteiger charge is 2.23. The average Bonchev–Trinajstić information content (AvgIpc) is 2.97. The van der Waals surface area contributed by atoms with E-state index >= 15 is 0 Å². The molecule has 4 rings (SSSR count). The summed E-state index contributed by atoms with van der Waals surface area (Å²) in [5.74, 6) is 1.85. The molecule has 0 bridgehead atoms. The normalized spacial score (nSPS) is 15.7. The van der Waals surface area contributed by atoms with Gasteiger partial charge in [0.05, 0.1) is 12.0 Å². The quantitative estimate of drug-likeness (QED) is 0.767. The van der Waals surface area contributed by atoms with Crippen molar-refractivity contribution >= 4 is 27.4 Å². The Labute approximate surface area is 157 Å². The summed E-state index contributed by atoms with van der Waals surface area (Å²) in [6, 6.07) is 10.2. The van der Waals surface area contributed by atoms with Gasteiger partial charge in [-0.2, -0.15) is 0 Å². The summed E-state index contributed by atoms with van der Waals surface area (Å²) >= 11 is 1.75. The van der Waals surface area contributed by atoms with Crippen molar-refractivity contribution in [1.82, 2.24) is 14.9 Å². The minimum atomic E-state index is 0.221. The monoisotopic (exact) mass is 368 g/mol. The summed E-state index contributed by atoms with van der Waals surface area (Å²) in [4.78, 5) is 16.9. The van der Waals surface area contributed by atoms with Gasteiger partial charge in [0.1, 0.15) is 10.6 Å². The maximum atomic E-state index is 9.17. The highest BCUT2D eigenvalue weighted by molar-refractivity contribution is 7.18. The SMILES string of the molecule is Cc1sc2nc(-c3ccccc3)nc(N3CCN(CCO)CC3)c2c1C. The van der Waals surface area contributed by atoms with Gasteiger partial charge >= 0.3 is 0 Å². The lowest BCUT2D eigenvalue weighted by Crippen LogP contribution is -2.47. The van der Waals surface area contributed by atoms with E-state index in [0.717, 1.165) is 54.8 Å². The van der Waals surface area contributed by atoms with Crippen LogP contribution in [0.4, 0.5) is 5.82 Å². The maximum absolute atomic E-state index is 9.17. The van der Waals surface area contributed by atoms with E-state index < -0.39 is 0 Å². The van der Waals surface area contributed by atoms with Crippen molar-refractivity contribution in [3.8, 4) is 11.4 Å². The molecule has 2 aromatic heterocycles. The van der Waals surface area contributed by atoms with E-state index in [0.29, 0.717) is 0 Å². The summed E-state index contributed by atoms with van der Waals surface area (Å²) in [5.41, 5.74) is 2.34. The van der Waals surface area contributed by atoms with E-state index in [1.165, 1.54) is 15.8 Å². The van der Waals surface area contributed by atoms with Gasteiger partial charge in [0.25, 0.3) is 0 Å². The fourth-order valence-electron chi connectivity index (χ4n) is 3.50. The molecule has 1 aliphatic rings. The molecule has 1 N–H and O–H groups in total. The Hall–Kier alpha value is -2.02. The van der Waals surface area contributed by atoms with Crippen LogP contribution in [0.2, 0.25) is 0 Å². The van der Waals surface area contributed by atoms with Gasteiger partial charge in [0.15, 0.2) is 5.82 Å². The van der Waals surface area contributed by atoms with Crippen LogP contribution >= 0.6 is 11.3 Å². The van der Waals surface area contributed by atoms with Gasteiger partial charge in [0.2, 0.25) is 0 Å². The van der Waals surface area contributed by atoms with Crippen LogP contribution in [0.1, 0.15) is 10.4 Å². The van der Waals surface area contributed by atoms with Gasteiger partial charge in [0, 0.05) is 43.2 Å². The zero-order valence-corrected chi connectivity index (χ0v) is 16.1. The van der Waals surface area contributed by atoms with Crippen molar-refractivity contribution < 1.29 is 5.11 Å². The Morgan fingerprint density at radius 2 is 1.77 bits per heavy atom. The Morgan fingerprint density at radius 1 is 1.04 bits per heavy atom. The lowest BCUT2D eigenvalue weighted by Gasteiger charge is -2.35. The number of thiophene rings is 1. The molecule has 0 unspecified atom stereocenters. The number of β-amino-alcohol motifs (C(OH)–C–C–N with tert-alkyl or cyclic N) is 1. The number of aliphatic hydroxyl groups is 1. The molecule has 1 aromatic carbocycles. The Kier molecular flexibility index (Phi) is 4.89. The molecule has 6 heteroatoms. The third kappa shape index (κ3) is 3.20. The summed E-state index contributed by atoms with van der Waals surface area (Å²) in [6.07, 6.45) is 0.